The Kier molecular flexibility index (Phi) is 4.68. The van der Waals surface area contributed by atoms with Gasteiger partial charge in [-0.1, -0.05) is 35.5 Å². The molecule has 14 heavy (non-hydrogen) atoms. The first-order chi connectivity index (χ1) is 6.83. The molecule has 0 unspecified atom stereocenters. The van der Waals surface area contributed by atoms with E-state index in [2.05, 4.69) is 5.16 Å². The van der Waals surface area contributed by atoms with E-state index in [0.29, 0.717) is 6.61 Å². The quantitative estimate of drug-likeness (QED) is 0.532. The third-order valence-electron chi connectivity index (χ3n) is 1.57. The first-order valence-corrected chi connectivity index (χ1v) is 4.31. The van der Waals surface area contributed by atoms with E-state index < -0.39 is 6.10 Å². The van der Waals surface area contributed by atoms with Gasteiger partial charge in [0.1, 0.15) is 12.7 Å². The Balaban J connectivity index is 2.25. The molecular weight excluding hydrogens is 182 g/mol. The zero-order valence-electron chi connectivity index (χ0n) is 7.71. The van der Waals surface area contributed by atoms with Crippen molar-refractivity contribution >= 4 is 6.21 Å². The van der Waals surface area contributed by atoms with Crippen molar-refractivity contribution < 1.29 is 15.1 Å². The van der Waals surface area contributed by atoms with Crippen molar-refractivity contribution in [1.82, 2.24) is 0 Å². The molecule has 0 radical (unpaired) electrons. The Hall–Kier alpha value is -1.39. The van der Waals surface area contributed by atoms with Crippen molar-refractivity contribution in [1.29, 1.82) is 0 Å². The van der Waals surface area contributed by atoms with Crippen LogP contribution in [-0.4, -0.2) is 29.1 Å². The van der Waals surface area contributed by atoms with Crippen LogP contribution >= 0.6 is 0 Å². The van der Waals surface area contributed by atoms with Crippen LogP contribution in [0, 0.1) is 0 Å². The van der Waals surface area contributed by atoms with Gasteiger partial charge < -0.3 is 15.1 Å². The van der Waals surface area contributed by atoms with Gasteiger partial charge in [0.15, 0.2) is 0 Å². The van der Waals surface area contributed by atoms with Crippen molar-refractivity contribution in [2.24, 2.45) is 5.16 Å². The summed E-state index contributed by atoms with van der Waals surface area (Å²) < 4.78 is 0. The predicted molar refractivity (Wildman–Crippen MR) is 52.8 cm³/mol. The van der Waals surface area contributed by atoms with E-state index in [9.17, 15) is 0 Å². The van der Waals surface area contributed by atoms with Gasteiger partial charge in [0.25, 0.3) is 0 Å². The molecule has 76 valence electrons. The SMILES string of the molecule is OC[C@@H](O)/C=N/OCc1ccccc1. The van der Waals surface area contributed by atoms with Crippen LogP contribution in [0.5, 0.6) is 0 Å². The third-order valence-corrected chi connectivity index (χ3v) is 1.57. The normalized spacial score (nSPS) is 13.0. The van der Waals surface area contributed by atoms with Crippen LogP contribution in [-0.2, 0) is 11.4 Å². The summed E-state index contributed by atoms with van der Waals surface area (Å²) in [4.78, 5) is 4.89. The van der Waals surface area contributed by atoms with Crippen molar-refractivity contribution in [3.05, 3.63) is 35.9 Å². The summed E-state index contributed by atoms with van der Waals surface area (Å²) in [6.45, 7) is 0.00762. The minimum atomic E-state index is -0.953. The number of aliphatic hydroxyl groups is 2. The van der Waals surface area contributed by atoms with Crippen molar-refractivity contribution in [2.75, 3.05) is 6.61 Å². The fourth-order valence-electron chi connectivity index (χ4n) is 0.846. The number of benzene rings is 1. The number of nitrogens with zero attached hydrogens (tertiary/aromatic N) is 1. The lowest BCUT2D eigenvalue weighted by Crippen LogP contribution is -2.13. The highest BCUT2D eigenvalue weighted by molar-refractivity contribution is 5.61. The molecule has 0 saturated heterocycles. The highest BCUT2D eigenvalue weighted by Gasteiger charge is 1.95. The van der Waals surface area contributed by atoms with E-state index >= 15 is 0 Å². The molecule has 2 N–H and O–H groups in total. The van der Waals surface area contributed by atoms with Crippen molar-refractivity contribution in [2.45, 2.75) is 12.7 Å². The van der Waals surface area contributed by atoms with Gasteiger partial charge in [-0.05, 0) is 5.56 Å². The predicted octanol–water partition coefficient (Wildman–Crippen LogP) is 0.542. The lowest BCUT2D eigenvalue weighted by atomic mass is 10.2. The number of oxime groups is 1. The van der Waals surface area contributed by atoms with Crippen LogP contribution in [0.25, 0.3) is 0 Å². The summed E-state index contributed by atoms with van der Waals surface area (Å²) in [6.07, 6.45) is 0.203. The average molecular weight is 195 g/mol. The van der Waals surface area contributed by atoms with Crippen LogP contribution < -0.4 is 0 Å². The zero-order valence-corrected chi connectivity index (χ0v) is 7.71. The maximum Gasteiger partial charge on any atom is 0.142 e. The van der Waals surface area contributed by atoms with E-state index in [1.165, 1.54) is 0 Å². The lowest BCUT2D eigenvalue weighted by molar-refractivity contribution is 0.116. The second kappa shape index (κ2) is 6.12. The molecule has 0 aromatic heterocycles. The maximum absolute atomic E-state index is 8.88. The van der Waals surface area contributed by atoms with E-state index in [4.69, 9.17) is 15.1 Å². The topological polar surface area (TPSA) is 62.0 Å². The summed E-state index contributed by atoms with van der Waals surface area (Å²) in [5, 5.41) is 20.8. The Morgan fingerprint density at radius 2 is 2.07 bits per heavy atom. The summed E-state index contributed by atoms with van der Waals surface area (Å²) in [7, 11) is 0. The molecule has 4 nitrogen and oxygen atoms in total. The van der Waals surface area contributed by atoms with Gasteiger partial charge in [-0.3, -0.25) is 0 Å². The summed E-state index contributed by atoms with van der Waals surface area (Å²) >= 11 is 0. The standard InChI is InChI=1S/C10H13NO3/c12-7-10(13)6-11-14-8-9-4-2-1-3-5-9/h1-6,10,12-13H,7-8H2/b11-6+/t10-/m0/s1. The maximum atomic E-state index is 8.88. The molecule has 4 heteroatoms. The molecule has 1 rings (SSSR count). The molecule has 1 aromatic carbocycles. The highest BCUT2D eigenvalue weighted by atomic mass is 16.6. The van der Waals surface area contributed by atoms with Gasteiger partial charge in [0.05, 0.1) is 12.8 Å². The molecule has 0 heterocycles. The number of rotatable bonds is 5. The molecule has 0 saturated carbocycles. The summed E-state index contributed by atoms with van der Waals surface area (Å²) in [6, 6.07) is 9.56. The molecule has 0 aliphatic heterocycles. The Morgan fingerprint density at radius 3 is 2.71 bits per heavy atom. The van der Waals surface area contributed by atoms with Gasteiger partial charge in [0, 0.05) is 0 Å². The van der Waals surface area contributed by atoms with Gasteiger partial charge in [-0.25, -0.2) is 0 Å². The number of aliphatic hydroxyl groups excluding tert-OH is 2. The molecule has 1 atom stereocenters. The van der Waals surface area contributed by atoms with Crippen LogP contribution in [0.4, 0.5) is 0 Å². The number of hydrogen-bond acceptors (Lipinski definition) is 4. The van der Waals surface area contributed by atoms with Gasteiger partial charge in [-0.2, -0.15) is 0 Å². The minimum absolute atomic E-state index is 0.349. The molecule has 1 aromatic rings. The van der Waals surface area contributed by atoms with Gasteiger partial charge in [0.2, 0.25) is 0 Å². The second-order valence-corrected chi connectivity index (χ2v) is 2.76. The molecule has 0 aliphatic rings. The Labute approximate surface area is 82.4 Å². The monoisotopic (exact) mass is 195 g/mol. The molecule has 0 aliphatic carbocycles. The van der Waals surface area contributed by atoms with E-state index in [1.807, 2.05) is 30.3 Å². The first-order valence-electron chi connectivity index (χ1n) is 4.31. The molecule has 0 amide bonds. The molecular formula is C10H13NO3. The van der Waals surface area contributed by atoms with Crippen LogP contribution in [0.15, 0.2) is 35.5 Å². The first kappa shape index (κ1) is 10.7. The van der Waals surface area contributed by atoms with Crippen LogP contribution in [0.2, 0.25) is 0 Å². The Morgan fingerprint density at radius 1 is 1.36 bits per heavy atom. The van der Waals surface area contributed by atoms with E-state index in [1.54, 1.807) is 0 Å². The number of hydrogen-bond donors (Lipinski definition) is 2. The second-order valence-electron chi connectivity index (χ2n) is 2.76. The van der Waals surface area contributed by atoms with Gasteiger partial charge in [-0.15, -0.1) is 0 Å². The highest BCUT2D eigenvalue weighted by Crippen LogP contribution is 2.00. The zero-order chi connectivity index (χ0) is 10.2. The fourth-order valence-corrected chi connectivity index (χ4v) is 0.846. The minimum Gasteiger partial charge on any atom is -0.393 e. The van der Waals surface area contributed by atoms with E-state index in [-0.39, 0.29) is 6.61 Å². The van der Waals surface area contributed by atoms with Gasteiger partial charge >= 0.3 is 0 Å². The summed E-state index contributed by atoms with van der Waals surface area (Å²) in [5.74, 6) is 0. The average Bonchev–Trinajstić information content (AvgIpc) is 2.25. The molecule has 0 bridgehead atoms. The molecule has 0 fully saturated rings. The molecule has 0 spiro atoms. The Bertz CT molecular complexity index is 274. The van der Waals surface area contributed by atoms with Crippen LogP contribution in [0.1, 0.15) is 5.56 Å². The fraction of sp³-hybridized carbons (Fsp3) is 0.300. The lowest BCUT2D eigenvalue weighted by Gasteiger charge is -2.00. The summed E-state index contributed by atoms with van der Waals surface area (Å²) in [5.41, 5.74) is 1.00. The third kappa shape index (κ3) is 4.02. The van der Waals surface area contributed by atoms with Crippen LogP contribution in [0.3, 0.4) is 0 Å². The largest absolute Gasteiger partial charge is 0.393 e. The van der Waals surface area contributed by atoms with Crippen molar-refractivity contribution in [3.63, 3.8) is 0 Å². The van der Waals surface area contributed by atoms with E-state index in [0.717, 1.165) is 11.8 Å². The van der Waals surface area contributed by atoms with Crippen molar-refractivity contribution in [3.8, 4) is 0 Å². The smallest absolute Gasteiger partial charge is 0.142 e.